The first-order valence-corrected chi connectivity index (χ1v) is 6.96. The number of anilines is 1. The zero-order valence-corrected chi connectivity index (χ0v) is 12.0. The monoisotopic (exact) mass is 263 g/mol. The van der Waals surface area contributed by atoms with E-state index in [1.54, 1.807) is 6.20 Å². The highest BCUT2D eigenvalue weighted by Gasteiger charge is 2.18. The van der Waals surface area contributed by atoms with Gasteiger partial charge in [-0.05, 0) is 58.1 Å². The Balaban J connectivity index is 1.81. The van der Waals surface area contributed by atoms with Gasteiger partial charge in [0.05, 0.1) is 11.4 Å². The summed E-state index contributed by atoms with van der Waals surface area (Å²) in [7, 11) is 4.37. The van der Waals surface area contributed by atoms with Crippen molar-refractivity contribution < 1.29 is 0 Å². The SMILES string of the molecule is CN1CCC(CN(C)Cc2cc(NN)ccn2)CC1. The smallest absolute Gasteiger partial charge is 0.0564 e. The third-order valence-electron chi connectivity index (χ3n) is 3.82. The van der Waals surface area contributed by atoms with Crippen molar-refractivity contribution in [2.24, 2.45) is 11.8 Å². The number of hydrogen-bond acceptors (Lipinski definition) is 5. The zero-order valence-electron chi connectivity index (χ0n) is 12.0. The predicted molar refractivity (Wildman–Crippen MR) is 78.6 cm³/mol. The first-order chi connectivity index (χ1) is 9.17. The molecule has 1 fully saturated rings. The van der Waals surface area contributed by atoms with E-state index in [0.717, 1.165) is 30.4 Å². The molecule has 3 N–H and O–H groups in total. The van der Waals surface area contributed by atoms with Crippen LogP contribution in [0.5, 0.6) is 0 Å². The normalized spacial score (nSPS) is 17.9. The van der Waals surface area contributed by atoms with Gasteiger partial charge in [-0.3, -0.25) is 10.8 Å². The van der Waals surface area contributed by atoms with E-state index in [-0.39, 0.29) is 0 Å². The Hall–Kier alpha value is -1.17. The average molecular weight is 263 g/mol. The number of piperidine rings is 1. The molecule has 0 unspecified atom stereocenters. The molecule has 0 spiro atoms. The van der Waals surface area contributed by atoms with E-state index < -0.39 is 0 Å². The molecule has 0 amide bonds. The molecule has 1 aromatic heterocycles. The second-order valence-corrected chi connectivity index (χ2v) is 5.62. The first-order valence-electron chi connectivity index (χ1n) is 6.96. The highest BCUT2D eigenvalue weighted by molar-refractivity contribution is 5.41. The summed E-state index contributed by atoms with van der Waals surface area (Å²) in [6.45, 7) is 4.48. The van der Waals surface area contributed by atoms with E-state index in [9.17, 15) is 0 Å². The molecule has 0 radical (unpaired) electrons. The van der Waals surface area contributed by atoms with Crippen LogP contribution in [0.3, 0.4) is 0 Å². The summed E-state index contributed by atoms with van der Waals surface area (Å²) in [6, 6.07) is 3.88. The summed E-state index contributed by atoms with van der Waals surface area (Å²) in [4.78, 5) is 9.16. The number of pyridine rings is 1. The van der Waals surface area contributed by atoms with Crippen molar-refractivity contribution >= 4 is 5.69 Å². The molecule has 5 nitrogen and oxygen atoms in total. The molecule has 0 aliphatic carbocycles. The fourth-order valence-corrected chi connectivity index (χ4v) is 2.68. The molecule has 106 valence electrons. The Kier molecular flexibility index (Phi) is 5.13. The average Bonchev–Trinajstić information content (AvgIpc) is 2.41. The van der Waals surface area contributed by atoms with Gasteiger partial charge < -0.3 is 15.2 Å². The molecule has 2 heterocycles. The van der Waals surface area contributed by atoms with Crippen LogP contribution < -0.4 is 11.3 Å². The third kappa shape index (κ3) is 4.45. The third-order valence-corrected chi connectivity index (χ3v) is 3.82. The minimum Gasteiger partial charge on any atom is -0.324 e. The van der Waals surface area contributed by atoms with Gasteiger partial charge in [-0.2, -0.15) is 0 Å². The number of nitrogen functional groups attached to an aromatic ring is 1. The van der Waals surface area contributed by atoms with Crippen LogP contribution in [0.25, 0.3) is 0 Å². The zero-order chi connectivity index (χ0) is 13.7. The van der Waals surface area contributed by atoms with Crippen LogP contribution >= 0.6 is 0 Å². The molecular formula is C14H25N5. The van der Waals surface area contributed by atoms with Gasteiger partial charge in [-0.25, -0.2) is 0 Å². The van der Waals surface area contributed by atoms with Crippen molar-refractivity contribution in [2.75, 3.05) is 39.2 Å². The summed E-state index contributed by atoms with van der Waals surface area (Å²) in [5.41, 5.74) is 4.64. The lowest BCUT2D eigenvalue weighted by molar-refractivity contribution is 0.172. The van der Waals surface area contributed by atoms with E-state index in [1.807, 2.05) is 12.1 Å². The number of rotatable bonds is 5. The van der Waals surface area contributed by atoms with Gasteiger partial charge in [0, 0.05) is 19.3 Å². The van der Waals surface area contributed by atoms with Gasteiger partial charge in [0.2, 0.25) is 0 Å². The molecule has 19 heavy (non-hydrogen) atoms. The molecule has 0 bridgehead atoms. The van der Waals surface area contributed by atoms with Crippen molar-refractivity contribution in [3.8, 4) is 0 Å². The number of likely N-dealkylation sites (tertiary alicyclic amines) is 1. The standard InChI is InChI=1S/C14H25N5/c1-18-7-4-12(5-8-18)10-19(2)11-14-9-13(17-15)3-6-16-14/h3,6,9,12H,4-5,7-8,10-11,15H2,1-2H3,(H,16,17). The van der Waals surface area contributed by atoms with Gasteiger partial charge in [0.1, 0.15) is 0 Å². The van der Waals surface area contributed by atoms with Crippen LogP contribution in [0.4, 0.5) is 5.69 Å². The number of nitrogens with zero attached hydrogens (tertiary/aromatic N) is 3. The van der Waals surface area contributed by atoms with Gasteiger partial charge >= 0.3 is 0 Å². The van der Waals surface area contributed by atoms with Crippen LogP contribution in [0.15, 0.2) is 18.3 Å². The maximum Gasteiger partial charge on any atom is 0.0564 e. The highest BCUT2D eigenvalue weighted by atomic mass is 15.2. The van der Waals surface area contributed by atoms with Gasteiger partial charge in [0.25, 0.3) is 0 Å². The molecular weight excluding hydrogens is 238 g/mol. The Bertz CT molecular complexity index is 387. The number of hydrazine groups is 1. The highest BCUT2D eigenvalue weighted by Crippen LogP contribution is 2.17. The Labute approximate surface area is 115 Å². The summed E-state index contributed by atoms with van der Waals surface area (Å²) in [5.74, 6) is 6.23. The topological polar surface area (TPSA) is 57.4 Å². The van der Waals surface area contributed by atoms with E-state index in [2.05, 4.69) is 34.3 Å². The Morgan fingerprint density at radius 1 is 1.47 bits per heavy atom. The van der Waals surface area contributed by atoms with Gasteiger partial charge in [0.15, 0.2) is 0 Å². The van der Waals surface area contributed by atoms with Crippen LogP contribution in [-0.2, 0) is 6.54 Å². The number of nitrogens with one attached hydrogen (secondary N) is 1. The molecule has 0 atom stereocenters. The van der Waals surface area contributed by atoms with Gasteiger partial charge in [-0.1, -0.05) is 0 Å². The maximum absolute atomic E-state index is 5.42. The lowest BCUT2D eigenvalue weighted by atomic mass is 9.96. The number of hydrogen-bond donors (Lipinski definition) is 2. The van der Waals surface area contributed by atoms with E-state index in [1.165, 1.54) is 25.9 Å². The fraction of sp³-hybridized carbons (Fsp3) is 0.643. The molecule has 0 aromatic carbocycles. The molecule has 1 aliphatic rings. The molecule has 1 aliphatic heterocycles. The van der Waals surface area contributed by atoms with Crippen LogP contribution in [0.2, 0.25) is 0 Å². The summed E-state index contributed by atoms with van der Waals surface area (Å²) < 4.78 is 0. The second kappa shape index (κ2) is 6.84. The van der Waals surface area contributed by atoms with Crippen LogP contribution in [0.1, 0.15) is 18.5 Å². The molecule has 5 heteroatoms. The van der Waals surface area contributed by atoms with E-state index in [4.69, 9.17) is 5.84 Å². The predicted octanol–water partition coefficient (Wildman–Crippen LogP) is 1.14. The lowest BCUT2D eigenvalue weighted by Gasteiger charge is -2.31. The molecule has 1 saturated heterocycles. The molecule has 2 rings (SSSR count). The summed E-state index contributed by atoms with van der Waals surface area (Å²) in [5, 5.41) is 0. The van der Waals surface area contributed by atoms with Crippen molar-refractivity contribution in [3.63, 3.8) is 0 Å². The quantitative estimate of drug-likeness (QED) is 0.616. The summed E-state index contributed by atoms with van der Waals surface area (Å²) >= 11 is 0. The van der Waals surface area contributed by atoms with E-state index in [0.29, 0.717) is 0 Å². The van der Waals surface area contributed by atoms with Crippen molar-refractivity contribution in [3.05, 3.63) is 24.0 Å². The maximum atomic E-state index is 5.42. The van der Waals surface area contributed by atoms with Crippen molar-refractivity contribution in [1.82, 2.24) is 14.8 Å². The largest absolute Gasteiger partial charge is 0.324 e. The van der Waals surface area contributed by atoms with Crippen LogP contribution in [0, 0.1) is 5.92 Å². The number of aromatic nitrogens is 1. The lowest BCUT2D eigenvalue weighted by Crippen LogP contribution is -2.35. The Morgan fingerprint density at radius 3 is 2.89 bits per heavy atom. The minimum atomic E-state index is 0.817. The summed E-state index contributed by atoms with van der Waals surface area (Å²) in [6.07, 6.45) is 4.41. The number of nitrogens with two attached hydrogens (primary N) is 1. The first kappa shape index (κ1) is 14.2. The van der Waals surface area contributed by atoms with Gasteiger partial charge in [-0.15, -0.1) is 0 Å². The second-order valence-electron chi connectivity index (χ2n) is 5.62. The minimum absolute atomic E-state index is 0.817. The van der Waals surface area contributed by atoms with Crippen molar-refractivity contribution in [2.45, 2.75) is 19.4 Å². The fourth-order valence-electron chi connectivity index (χ4n) is 2.68. The van der Waals surface area contributed by atoms with E-state index >= 15 is 0 Å². The Morgan fingerprint density at radius 2 is 2.21 bits per heavy atom. The van der Waals surface area contributed by atoms with Crippen molar-refractivity contribution in [1.29, 1.82) is 0 Å². The molecule has 1 aromatic rings. The van der Waals surface area contributed by atoms with Crippen LogP contribution in [-0.4, -0.2) is 48.5 Å². The molecule has 0 saturated carbocycles.